The predicted octanol–water partition coefficient (Wildman–Crippen LogP) is 14.3. The first-order chi connectivity index (χ1) is 27.7. The second-order valence-corrected chi connectivity index (χ2v) is 15.3. The molecule has 3 aromatic heterocycles. The Labute approximate surface area is 328 Å². The smallest absolute Gasteiger partial charge is 0.160 e. The number of nitrogens with zero attached hydrogens (tertiary/aromatic N) is 3. The van der Waals surface area contributed by atoms with Gasteiger partial charge in [-0.15, -0.1) is 11.3 Å². The lowest BCUT2D eigenvalue weighted by atomic mass is 9.97. The minimum Gasteiger partial charge on any atom is -0.309 e. The summed E-state index contributed by atoms with van der Waals surface area (Å²) in [5.41, 5.74) is 13.0. The van der Waals surface area contributed by atoms with Crippen molar-refractivity contribution >= 4 is 53.3 Å². The van der Waals surface area contributed by atoms with Crippen LogP contribution in [0.25, 0.3) is 104 Å². The van der Waals surface area contributed by atoms with E-state index < -0.39 is 0 Å². The number of benzene rings is 8. The van der Waals surface area contributed by atoms with Crippen LogP contribution < -0.4 is 0 Å². The summed E-state index contributed by atoms with van der Waals surface area (Å²) in [7, 11) is 0. The van der Waals surface area contributed by atoms with Gasteiger partial charge in [0.15, 0.2) is 5.82 Å². The summed E-state index contributed by atoms with van der Waals surface area (Å²) in [6.07, 6.45) is 0. The van der Waals surface area contributed by atoms with Gasteiger partial charge in [0, 0.05) is 53.3 Å². The number of para-hydroxylation sites is 1. The maximum absolute atomic E-state index is 5.25. The lowest BCUT2D eigenvalue weighted by molar-refractivity contribution is 1.18. The number of hydrogen-bond donors (Lipinski definition) is 0. The summed E-state index contributed by atoms with van der Waals surface area (Å²) in [6, 6.07) is 71.4. The fourth-order valence-corrected chi connectivity index (χ4v) is 9.27. The van der Waals surface area contributed by atoms with Crippen LogP contribution in [0.3, 0.4) is 0 Å². The molecule has 0 N–H and O–H groups in total. The van der Waals surface area contributed by atoms with Crippen molar-refractivity contribution < 1.29 is 0 Å². The molecule has 0 aliphatic heterocycles. The number of aromatic nitrogens is 3. The zero-order valence-electron chi connectivity index (χ0n) is 30.3. The Hall–Kier alpha value is -7.14. The van der Waals surface area contributed by atoms with Gasteiger partial charge in [-0.2, -0.15) is 0 Å². The third-order valence-electron chi connectivity index (χ3n) is 10.8. The summed E-state index contributed by atoms with van der Waals surface area (Å²) in [4.78, 5) is 10.5. The summed E-state index contributed by atoms with van der Waals surface area (Å²) < 4.78 is 5.04. The third kappa shape index (κ3) is 5.50. The Morgan fingerprint density at radius 3 is 1.79 bits per heavy atom. The largest absolute Gasteiger partial charge is 0.309 e. The second kappa shape index (κ2) is 13.3. The van der Waals surface area contributed by atoms with Gasteiger partial charge in [0.25, 0.3) is 0 Å². The van der Waals surface area contributed by atoms with Crippen LogP contribution in [0.15, 0.2) is 200 Å². The Kier molecular flexibility index (Phi) is 7.68. The number of thiophene rings is 1. The zero-order valence-corrected chi connectivity index (χ0v) is 31.1. The van der Waals surface area contributed by atoms with E-state index in [1.807, 2.05) is 17.4 Å². The van der Waals surface area contributed by atoms with Crippen molar-refractivity contribution in [2.24, 2.45) is 0 Å². The van der Waals surface area contributed by atoms with E-state index in [1.165, 1.54) is 53.1 Å². The highest BCUT2D eigenvalue weighted by Crippen LogP contribution is 2.41. The molecule has 0 radical (unpaired) electrons. The Bertz CT molecular complexity index is 3250. The molecule has 3 heterocycles. The van der Waals surface area contributed by atoms with Crippen LogP contribution in [-0.2, 0) is 0 Å². The highest BCUT2D eigenvalue weighted by Gasteiger charge is 2.18. The molecule has 0 amide bonds. The van der Waals surface area contributed by atoms with Crippen molar-refractivity contribution in [1.29, 1.82) is 0 Å². The first-order valence-electron chi connectivity index (χ1n) is 18.9. The molecule has 11 aromatic rings. The summed E-state index contributed by atoms with van der Waals surface area (Å²) >= 11 is 1.85. The molecule has 0 aliphatic carbocycles. The van der Waals surface area contributed by atoms with E-state index >= 15 is 0 Å². The van der Waals surface area contributed by atoms with Crippen molar-refractivity contribution in [3.8, 4) is 61.8 Å². The monoisotopic (exact) mass is 731 g/mol. The Morgan fingerprint density at radius 1 is 0.357 bits per heavy atom. The van der Waals surface area contributed by atoms with E-state index in [-0.39, 0.29) is 0 Å². The van der Waals surface area contributed by atoms with Gasteiger partial charge in [-0.3, -0.25) is 0 Å². The maximum Gasteiger partial charge on any atom is 0.160 e. The lowest BCUT2D eigenvalue weighted by Gasteiger charge is -2.12. The quantitative estimate of drug-likeness (QED) is 0.170. The molecular formula is C52H33N3S. The highest BCUT2D eigenvalue weighted by atomic mass is 32.1. The van der Waals surface area contributed by atoms with Crippen LogP contribution in [0.5, 0.6) is 0 Å². The molecule has 0 unspecified atom stereocenters. The van der Waals surface area contributed by atoms with E-state index in [0.29, 0.717) is 5.82 Å². The van der Waals surface area contributed by atoms with Gasteiger partial charge in [0.05, 0.1) is 22.4 Å². The van der Waals surface area contributed by atoms with Crippen molar-refractivity contribution in [1.82, 2.24) is 14.5 Å². The lowest BCUT2D eigenvalue weighted by Crippen LogP contribution is -1.96. The molecule has 0 saturated carbocycles. The van der Waals surface area contributed by atoms with E-state index in [0.717, 1.165) is 44.9 Å². The molecule has 4 heteroatoms. The molecule has 0 fully saturated rings. The fraction of sp³-hybridized carbons (Fsp3) is 0. The van der Waals surface area contributed by atoms with Gasteiger partial charge in [-0.05, 0) is 76.9 Å². The van der Waals surface area contributed by atoms with Gasteiger partial charge in [-0.25, -0.2) is 9.97 Å². The first kappa shape index (κ1) is 32.3. The molecule has 0 saturated heterocycles. The Balaban J connectivity index is 1.07. The highest BCUT2D eigenvalue weighted by molar-refractivity contribution is 7.25. The second-order valence-electron chi connectivity index (χ2n) is 14.2. The number of hydrogen-bond acceptors (Lipinski definition) is 3. The molecule has 8 aromatic carbocycles. The molecule has 0 bridgehead atoms. The number of fused-ring (bicyclic) bond motifs is 6. The van der Waals surface area contributed by atoms with Crippen molar-refractivity contribution in [3.05, 3.63) is 200 Å². The normalized spacial score (nSPS) is 11.6. The minimum atomic E-state index is 0.694. The van der Waals surface area contributed by atoms with Crippen molar-refractivity contribution in [2.75, 3.05) is 0 Å². The predicted molar refractivity (Wildman–Crippen MR) is 236 cm³/mol. The zero-order chi connectivity index (χ0) is 37.0. The molecular weight excluding hydrogens is 699 g/mol. The van der Waals surface area contributed by atoms with Gasteiger partial charge in [-0.1, -0.05) is 146 Å². The topological polar surface area (TPSA) is 30.7 Å². The molecule has 3 nitrogen and oxygen atoms in total. The van der Waals surface area contributed by atoms with Crippen LogP contribution in [0.2, 0.25) is 0 Å². The van der Waals surface area contributed by atoms with Crippen molar-refractivity contribution in [2.45, 2.75) is 0 Å². The van der Waals surface area contributed by atoms with E-state index in [4.69, 9.17) is 9.97 Å². The summed E-state index contributed by atoms with van der Waals surface area (Å²) in [5, 5.41) is 5.05. The minimum absolute atomic E-state index is 0.694. The van der Waals surface area contributed by atoms with Crippen LogP contribution in [0, 0.1) is 0 Å². The average Bonchev–Trinajstić information content (AvgIpc) is 3.82. The van der Waals surface area contributed by atoms with Crippen LogP contribution >= 0.6 is 11.3 Å². The van der Waals surface area contributed by atoms with E-state index in [2.05, 4.69) is 199 Å². The standard InChI is InChI=1S/C52H33N3S/c1-3-14-34(15-4-1)36-18-11-20-38(30-36)46-33-45(35-16-5-2-6-17-35)53-52(54-46)39-21-12-19-37(31-39)41-24-13-26-48-51(41)43-23-7-9-25-47(43)55(48)40-28-29-50-44(32-40)42-22-8-10-27-49(42)56-50/h1-33H. The van der Waals surface area contributed by atoms with Gasteiger partial charge >= 0.3 is 0 Å². The molecule has 56 heavy (non-hydrogen) atoms. The number of rotatable bonds is 6. The SMILES string of the molecule is c1ccc(-c2cccc(-c3cc(-c4ccccc4)nc(-c4cccc(-c5cccc6c5c5ccccc5n6-c5ccc6sc7ccccc7c6c5)c4)n3)c2)cc1. The van der Waals surface area contributed by atoms with E-state index in [1.54, 1.807) is 0 Å². The van der Waals surface area contributed by atoms with Crippen LogP contribution in [0.4, 0.5) is 0 Å². The van der Waals surface area contributed by atoms with Gasteiger partial charge in [0.1, 0.15) is 0 Å². The summed E-state index contributed by atoms with van der Waals surface area (Å²) in [5.74, 6) is 0.694. The molecule has 0 spiro atoms. The van der Waals surface area contributed by atoms with Crippen molar-refractivity contribution in [3.63, 3.8) is 0 Å². The molecule has 0 aliphatic rings. The van der Waals surface area contributed by atoms with E-state index in [9.17, 15) is 0 Å². The fourth-order valence-electron chi connectivity index (χ4n) is 8.19. The molecule has 0 atom stereocenters. The average molecular weight is 732 g/mol. The van der Waals surface area contributed by atoms with Crippen LogP contribution in [-0.4, -0.2) is 14.5 Å². The van der Waals surface area contributed by atoms with Crippen LogP contribution in [0.1, 0.15) is 0 Å². The van der Waals surface area contributed by atoms with Gasteiger partial charge < -0.3 is 4.57 Å². The van der Waals surface area contributed by atoms with Gasteiger partial charge in [0.2, 0.25) is 0 Å². The molecule has 11 rings (SSSR count). The third-order valence-corrected chi connectivity index (χ3v) is 12.0. The maximum atomic E-state index is 5.25. The summed E-state index contributed by atoms with van der Waals surface area (Å²) in [6.45, 7) is 0. The molecule has 262 valence electrons. The Morgan fingerprint density at radius 2 is 0.946 bits per heavy atom. The first-order valence-corrected chi connectivity index (χ1v) is 19.7.